The molecule has 1 aliphatic rings. The molecule has 1 aromatic carbocycles. The third-order valence-corrected chi connectivity index (χ3v) is 5.14. The zero-order chi connectivity index (χ0) is 19.8. The van der Waals surface area contributed by atoms with Crippen LogP contribution in [0.25, 0.3) is 0 Å². The van der Waals surface area contributed by atoms with Crippen molar-refractivity contribution in [2.24, 2.45) is 7.05 Å². The normalized spacial score (nSPS) is 16.1. The smallest absolute Gasteiger partial charge is 0.274 e. The lowest BCUT2D eigenvalue weighted by Gasteiger charge is -2.24. The van der Waals surface area contributed by atoms with Crippen molar-refractivity contribution in [1.82, 2.24) is 30.1 Å². The van der Waals surface area contributed by atoms with Crippen LogP contribution in [0.1, 0.15) is 44.8 Å². The van der Waals surface area contributed by atoms with Gasteiger partial charge in [0.1, 0.15) is 11.9 Å². The van der Waals surface area contributed by atoms with E-state index in [1.54, 1.807) is 21.5 Å². The highest BCUT2D eigenvalue weighted by molar-refractivity contribution is 5.93. The molecular formula is C19H21FN6O2. The topological polar surface area (TPSA) is 86.9 Å². The summed E-state index contributed by atoms with van der Waals surface area (Å²) in [5.41, 5.74) is 4.64. The van der Waals surface area contributed by atoms with Crippen LogP contribution in [0, 0.1) is 19.7 Å². The standard InChI is InChI=1S/C19H21FN6O2/c1-11-15(12(2)25(3)23-11)8-21-19(27)18-16-10-28-17(9-26(16)24-22-18)13-4-6-14(20)7-5-13/h4-7,17H,8-10H2,1-3H3,(H,21,27). The Morgan fingerprint density at radius 1 is 1.32 bits per heavy atom. The Balaban J connectivity index is 1.46. The van der Waals surface area contributed by atoms with Gasteiger partial charge in [0.15, 0.2) is 5.69 Å². The van der Waals surface area contributed by atoms with Gasteiger partial charge in [0.25, 0.3) is 5.91 Å². The van der Waals surface area contributed by atoms with E-state index in [4.69, 9.17) is 4.74 Å². The Hall–Kier alpha value is -3.07. The SMILES string of the molecule is Cc1nn(C)c(C)c1CNC(=O)c1nnn2c1COC(c1ccc(F)cc1)C2. The predicted molar refractivity (Wildman–Crippen MR) is 97.8 cm³/mol. The number of carbonyl (C=O) groups excluding carboxylic acids is 1. The van der Waals surface area contributed by atoms with E-state index in [0.29, 0.717) is 18.8 Å². The van der Waals surface area contributed by atoms with Gasteiger partial charge in [-0.1, -0.05) is 17.3 Å². The molecule has 8 nitrogen and oxygen atoms in total. The van der Waals surface area contributed by atoms with Gasteiger partial charge in [0, 0.05) is 24.8 Å². The fraction of sp³-hybridized carbons (Fsp3) is 0.368. The Morgan fingerprint density at radius 2 is 2.07 bits per heavy atom. The molecule has 9 heteroatoms. The number of nitrogens with one attached hydrogen (secondary N) is 1. The number of aromatic nitrogens is 5. The zero-order valence-corrected chi connectivity index (χ0v) is 15.9. The van der Waals surface area contributed by atoms with Gasteiger partial charge in [-0.05, 0) is 31.5 Å². The van der Waals surface area contributed by atoms with Gasteiger partial charge in [-0.25, -0.2) is 9.07 Å². The van der Waals surface area contributed by atoms with Crippen molar-refractivity contribution in [3.63, 3.8) is 0 Å². The highest BCUT2D eigenvalue weighted by Crippen LogP contribution is 2.27. The molecule has 0 saturated carbocycles. The van der Waals surface area contributed by atoms with Crippen LogP contribution in [-0.2, 0) is 31.5 Å². The average Bonchev–Trinajstić information content (AvgIpc) is 3.21. The summed E-state index contributed by atoms with van der Waals surface area (Å²) in [4.78, 5) is 12.6. The van der Waals surface area contributed by atoms with E-state index in [1.165, 1.54) is 12.1 Å². The summed E-state index contributed by atoms with van der Waals surface area (Å²) in [7, 11) is 1.87. The van der Waals surface area contributed by atoms with Gasteiger partial charge in [0.05, 0.1) is 24.5 Å². The van der Waals surface area contributed by atoms with Gasteiger partial charge < -0.3 is 10.1 Å². The van der Waals surface area contributed by atoms with Crippen LogP contribution in [0.4, 0.5) is 4.39 Å². The molecule has 1 N–H and O–H groups in total. The fourth-order valence-corrected chi connectivity index (χ4v) is 3.39. The molecule has 1 amide bonds. The molecule has 146 valence electrons. The lowest BCUT2D eigenvalue weighted by atomic mass is 10.1. The highest BCUT2D eigenvalue weighted by atomic mass is 19.1. The summed E-state index contributed by atoms with van der Waals surface area (Å²) in [6.07, 6.45) is -0.258. The van der Waals surface area contributed by atoms with E-state index < -0.39 is 0 Å². The van der Waals surface area contributed by atoms with E-state index in [0.717, 1.165) is 22.5 Å². The summed E-state index contributed by atoms with van der Waals surface area (Å²) < 4.78 is 22.4. The maximum absolute atomic E-state index is 13.1. The minimum absolute atomic E-state index is 0.211. The number of fused-ring (bicyclic) bond motifs is 1. The average molecular weight is 384 g/mol. The number of nitrogens with zero attached hydrogens (tertiary/aromatic N) is 5. The molecule has 0 fully saturated rings. The molecule has 0 spiro atoms. The van der Waals surface area contributed by atoms with Crippen LogP contribution < -0.4 is 5.32 Å². The summed E-state index contributed by atoms with van der Waals surface area (Å²) in [5.74, 6) is -0.591. The van der Waals surface area contributed by atoms with Gasteiger partial charge >= 0.3 is 0 Å². The number of hydrogen-bond donors (Lipinski definition) is 1. The number of hydrogen-bond acceptors (Lipinski definition) is 5. The molecule has 3 heterocycles. The highest BCUT2D eigenvalue weighted by Gasteiger charge is 2.27. The van der Waals surface area contributed by atoms with Gasteiger partial charge in [-0.15, -0.1) is 5.10 Å². The first-order chi connectivity index (χ1) is 13.4. The van der Waals surface area contributed by atoms with E-state index in [2.05, 4.69) is 20.7 Å². The Labute approximate surface area is 161 Å². The third kappa shape index (κ3) is 3.29. The van der Waals surface area contributed by atoms with Crippen LogP contribution in [0.3, 0.4) is 0 Å². The van der Waals surface area contributed by atoms with Crippen molar-refractivity contribution in [1.29, 1.82) is 0 Å². The molecule has 2 aromatic heterocycles. The number of benzene rings is 1. The molecule has 0 aliphatic carbocycles. The van der Waals surface area contributed by atoms with Crippen LogP contribution >= 0.6 is 0 Å². The second-order valence-electron chi connectivity index (χ2n) is 6.87. The first kappa shape index (κ1) is 18.3. The number of halogens is 1. The lowest BCUT2D eigenvalue weighted by molar-refractivity contribution is -0.00180. The number of aryl methyl sites for hydroxylation is 2. The first-order valence-corrected chi connectivity index (χ1v) is 9.00. The molecule has 0 bridgehead atoms. The largest absolute Gasteiger partial charge is 0.365 e. The maximum atomic E-state index is 13.1. The molecular weight excluding hydrogens is 363 g/mol. The van der Waals surface area contributed by atoms with Crippen molar-refractivity contribution >= 4 is 5.91 Å². The molecule has 0 radical (unpaired) electrons. The van der Waals surface area contributed by atoms with Gasteiger partial charge in [-0.2, -0.15) is 5.10 Å². The second kappa shape index (κ2) is 7.16. The maximum Gasteiger partial charge on any atom is 0.274 e. The van der Waals surface area contributed by atoms with E-state index in [-0.39, 0.29) is 30.1 Å². The van der Waals surface area contributed by atoms with Crippen molar-refractivity contribution in [3.05, 3.63) is 64.0 Å². The minimum atomic E-state index is -0.298. The molecule has 1 aliphatic heterocycles. The predicted octanol–water partition coefficient (Wildman–Crippen LogP) is 1.97. The number of amides is 1. The van der Waals surface area contributed by atoms with Gasteiger partial charge in [0.2, 0.25) is 0 Å². The quantitative estimate of drug-likeness (QED) is 0.743. The van der Waals surface area contributed by atoms with Crippen LogP contribution in [0.5, 0.6) is 0 Å². The van der Waals surface area contributed by atoms with E-state index >= 15 is 0 Å². The monoisotopic (exact) mass is 384 g/mol. The van der Waals surface area contributed by atoms with Crippen LogP contribution in [-0.4, -0.2) is 30.7 Å². The summed E-state index contributed by atoms with van der Waals surface area (Å²) in [6, 6.07) is 6.18. The van der Waals surface area contributed by atoms with Crippen LogP contribution in [0.15, 0.2) is 24.3 Å². The van der Waals surface area contributed by atoms with Crippen molar-refractivity contribution in [2.75, 3.05) is 0 Å². The summed E-state index contributed by atoms with van der Waals surface area (Å²) in [6.45, 7) is 4.88. The molecule has 3 aromatic rings. The Morgan fingerprint density at radius 3 is 2.75 bits per heavy atom. The second-order valence-corrected chi connectivity index (χ2v) is 6.87. The molecule has 28 heavy (non-hydrogen) atoms. The third-order valence-electron chi connectivity index (χ3n) is 5.14. The van der Waals surface area contributed by atoms with Crippen molar-refractivity contribution in [3.8, 4) is 0 Å². The van der Waals surface area contributed by atoms with Crippen LogP contribution in [0.2, 0.25) is 0 Å². The van der Waals surface area contributed by atoms with Gasteiger partial charge in [-0.3, -0.25) is 9.48 Å². The number of ether oxygens (including phenoxy) is 1. The Bertz CT molecular complexity index is 1020. The zero-order valence-electron chi connectivity index (χ0n) is 15.9. The fourth-order valence-electron chi connectivity index (χ4n) is 3.39. The molecule has 1 unspecified atom stereocenters. The first-order valence-electron chi connectivity index (χ1n) is 9.00. The number of rotatable bonds is 4. The molecule has 1 atom stereocenters. The Kier molecular flexibility index (Phi) is 4.68. The molecule has 4 rings (SSSR count). The van der Waals surface area contributed by atoms with E-state index in [9.17, 15) is 9.18 Å². The van der Waals surface area contributed by atoms with E-state index in [1.807, 2.05) is 20.9 Å². The summed E-state index contributed by atoms with van der Waals surface area (Å²) in [5, 5.41) is 15.4. The molecule has 0 saturated heterocycles. The lowest BCUT2D eigenvalue weighted by Crippen LogP contribution is -2.27. The van der Waals surface area contributed by atoms with Crippen molar-refractivity contribution < 1.29 is 13.9 Å². The number of carbonyl (C=O) groups is 1. The summed E-state index contributed by atoms with van der Waals surface area (Å²) >= 11 is 0. The van der Waals surface area contributed by atoms with Crippen molar-refractivity contribution in [2.45, 2.75) is 39.6 Å². The minimum Gasteiger partial charge on any atom is -0.365 e.